The molecule has 0 saturated heterocycles. The van der Waals surface area contributed by atoms with Crippen LogP contribution in [0.25, 0.3) is 0 Å². The standard InChI is InChI=1S/C11H20N4OS/c1-7(2)15-10(16)13-14-11(15)17-9-6-4-3-5-8(9)12/h7-9H,3-6,12H2,1-2H3,(H,13,16). The highest BCUT2D eigenvalue weighted by Crippen LogP contribution is 2.32. The molecule has 0 aromatic carbocycles. The molecule has 1 aromatic rings. The van der Waals surface area contributed by atoms with Gasteiger partial charge in [-0.15, -0.1) is 5.10 Å². The van der Waals surface area contributed by atoms with Crippen LogP contribution in [0.2, 0.25) is 0 Å². The first-order valence-electron chi connectivity index (χ1n) is 6.18. The number of hydrogen-bond acceptors (Lipinski definition) is 4. The summed E-state index contributed by atoms with van der Waals surface area (Å²) in [6, 6.07) is 0.352. The van der Waals surface area contributed by atoms with Gasteiger partial charge >= 0.3 is 5.69 Å². The van der Waals surface area contributed by atoms with Crippen LogP contribution >= 0.6 is 11.8 Å². The molecule has 3 N–H and O–H groups in total. The number of H-pyrrole nitrogens is 1. The maximum atomic E-state index is 11.6. The molecule has 0 amide bonds. The molecule has 2 unspecified atom stereocenters. The van der Waals surface area contributed by atoms with Crippen molar-refractivity contribution >= 4 is 11.8 Å². The predicted octanol–water partition coefficient (Wildman–Crippen LogP) is 1.51. The molecule has 17 heavy (non-hydrogen) atoms. The van der Waals surface area contributed by atoms with E-state index in [-0.39, 0.29) is 17.8 Å². The average Bonchev–Trinajstić information content (AvgIpc) is 2.63. The molecule has 1 aliphatic carbocycles. The summed E-state index contributed by atoms with van der Waals surface area (Å²) in [5.74, 6) is 0. The summed E-state index contributed by atoms with van der Waals surface area (Å²) in [6.07, 6.45) is 4.64. The molecular weight excluding hydrogens is 236 g/mol. The number of hydrogen-bond donors (Lipinski definition) is 2. The van der Waals surface area contributed by atoms with Gasteiger partial charge in [0.25, 0.3) is 0 Å². The molecule has 1 heterocycles. The topological polar surface area (TPSA) is 76.7 Å². The molecule has 2 atom stereocenters. The van der Waals surface area contributed by atoms with Gasteiger partial charge in [0, 0.05) is 17.3 Å². The monoisotopic (exact) mass is 256 g/mol. The lowest BCUT2D eigenvalue weighted by Crippen LogP contribution is -2.35. The third kappa shape index (κ3) is 2.74. The Morgan fingerprint density at radius 3 is 2.82 bits per heavy atom. The predicted molar refractivity (Wildman–Crippen MR) is 69.3 cm³/mol. The fourth-order valence-electron chi connectivity index (χ4n) is 2.24. The fraction of sp³-hybridized carbons (Fsp3) is 0.818. The van der Waals surface area contributed by atoms with Crippen LogP contribution < -0.4 is 11.4 Å². The Balaban J connectivity index is 2.15. The van der Waals surface area contributed by atoms with Gasteiger partial charge in [0.05, 0.1) is 0 Å². The summed E-state index contributed by atoms with van der Waals surface area (Å²) in [7, 11) is 0. The summed E-state index contributed by atoms with van der Waals surface area (Å²) in [4.78, 5) is 11.6. The zero-order valence-electron chi connectivity index (χ0n) is 10.3. The summed E-state index contributed by atoms with van der Waals surface area (Å²) in [5.41, 5.74) is 5.98. The van der Waals surface area contributed by atoms with Gasteiger partial charge in [-0.2, -0.15) is 0 Å². The first-order valence-corrected chi connectivity index (χ1v) is 7.06. The zero-order chi connectivity index (χ0) is 12.4. The minimum atomic E-state index is -0.133. The molecule has 0 radical (unpaired) electrons. The van der Waals surface area contributed by atoms with Crippen molar-refractivity contribution in [3.63, 3.8) is 0 Å². The number of aromatic nitrogens is 3. The molecule has 1 aliphatic rings. The SMILES string of the molecule is CC(C)n1c(SC2CCCCC2N)n[nH]c1=O. The Labute approximate surface area is 105 Å². The molecule has 6 heteroatoms. The van der Waals surface area contributed by atoms with Crippen molar-refractivity contribution in [1.29, 1.82) is 0 Å². The summed E-state index contributed by atoms with van der Waals surface area (Å²) in [5, 5.41) is 7.77. The molecule has 2 rings (SSSR count). The Kier molecular flexibility index (Phi) is 3.93. The minimum Gasteiger partial charge on any atom is -0.327 e. The van der Waals surface area contributed by atoms with Crippen LogP contribution in [0.5, 0.6) is 0 Å². The first kappa shape index (κ1) is 12.7. The molecule has 1 aromatic heterocycles. The number of nitrogens with two attached hydrogens (primary N) is 1. The number of aromatic amines is 1. The van der Waals surface area contributed by atoms with Crippen LogP contribution in [0, 0.1) is 0 Å². The Morgan fingerprint density at radius 1 is 1.47 bits per heavy atom. The highest BCUT2D eigenvalue weighted by Gasteiger charge is 2.25. The van der Waals surface area contributed by atoms with E-state index in [0.29, 0.717) is 5.25 Å². The third-order valence-corrected chi connectivity index (χ3v) is 4.59. The Morgan fingerprint density at radius 2 is 2.18 bits per heavy atom. The maximum absolute atomic E-state index is 11.6. The van der Waals surface area contributed by atoms with E-state index in [4.69, 9.17) is 5.73 Å². The largest absolute Gasteiger partial charge is 0.344 e. The Bertz CT molecular complexity index is 425. The van der Waals surface area contributed by atoms with Gasteiger partial charge in [-0.1, -0.05) is 24.6 Å². The van der Waals surface area contributed by atoms with E-state index < -0.39 is 0 Å². The van der Waals surface area contributed by atoms with Gasteiger partial charge in [-0.05, 0) is 26.7 Å². The highest BCUT2D eigenvalue weighted by atomic mass is 32.2. The highest BCUT2D eigenvalue weighted by molar-refractivity contribution is 7.99. The maximum Gasteiger partial charge on any atom is 0.344 e. The van der Waals surface area contributed by atoms with Crippen molar-refractivity contribution in [3.8, 4) is 0 Å². The first-order chi connectivity index (χ1) is 8.09. The van der Waals surface area contributed by atoms with Gasteiger partial charge in [-0.3, -0.25) is 4.57 Å². The van der Waals surface area contributed by atoms with Crippen molar-refractivity contribution in [1.82, 2.24) is 14.8 Å². The van der Waals surface area contributed by atoms with E-state index >= 15 is 0 Å². The fourth-order valence-corrected chi connectivity index (χ4v) is 3.61. The molecule has 1 saturated carbocycles. The lowest BCUT2D eigenvalue weighted by Gasteiger charge is -2.27. The molecule has 1 fully saturated rings. The number of thioether (sulfide) groups is 1. The van der Waals surface area contributed by atoms with E-state index in [1.807, 2.05) is 13.8 Å². The molecule has 0 bridgehead atoms. The van der Waals surface area contributed by atoms with Crippen LogP contribution in [0.15, 0.2) is 9.95 Å². The number of nitrogens with zero attached hydrogens (tertiary/aromatic N) is 2. The number of rotatable bonds is 3. The van der Waals surface area contributed by atoms with Crippen molar-refractivity contribution in [3.05, 3.63) is 10.5 Å². The Hall–Kier alpha value is -0.750. The summed E-state index contributed by atoms with van der Waals surface area (Å²) >= 11 is 1.64. The van der Waals surface area contributed by atoms with Crippen molar-refractivity contribution in [2.45, 2.75) is 62.0 Å². The average molecular weight is 256 g/mol. The second-order valence-corrected chi connectivity index (χ2v) is 6.09. The number of nitrogens with one attached hydrogen (secondary N) is 1. The van der Waals surface area contributed by atoms with Gasteiger partial charge in [0.2, 0.25) is 0 Å². The van der Waals surface area contributed by atoms with E-state index in [1.54, 1.807) is 16.3 Å². The third-order valence-electron chi connectivity index (χ3n) is 3.20. The quantitative estimate of drug-likeness (QED) is 0.859. The van der Waals surface area contributed by atoms with Crippen LogP contribution in [0.1, 0.15) is 45.6 Å². The zero-order valence-corrected chi connectivity index (χ0v) is 11.2. The van der Waals surface area contributed by atoms with Crippen molar-refractivity contribution in [2.75, 3.05) is 0 Å². The molecule has 0 aliphatic heterocycles. The summed E-state index contributed by atoms with van der Waals surface area (Å²) < 4.78 is 1.70. The van der Waals surface area contributed by atoms with Crippen molar-refractivity contribution in [2.24, 2.45) is 5.73 Å². The second kappa shape index (κ2) is 5.27. The van der Waals surface area contributed by atoms with Crippen LogP contribution in [-0.4, -0.2) is 26.1 Å². The molecule has 0 spiro atoms. The molecular formula is C11H20N4OS. The van der Waals surface area contributed by atoms with Gasteiger partial charge in [0.1, 0.15) is 0 Å². The smallest absolute Gasteiger partial charge is 0.327 e. The van der Waals surface area contributed by atoms with Gasteiger partial charge < -0.3 is 5.73 Å². The second-order valence-electron chi connectivity index (χ2n) is 4.88. The molecule has 96 valence electrons. The van der Waals surface area contributed by atoms with Crippen LogP contribution in [0.4, 0.5) is 0 Å². The van der Waals surface area contributed by atoms with Crippen LogP contribution in [-0.2, 0) is 0 Å². The summed E-state index contributed by atoms with van der Waals surface area (Å²) in [6.45, 7) is 3.98. The van der Waals surface area contributed by atoms with Crippen LogP contribution in [0.3, 0.4) is 0 Å². The lowest BCUT2D eigenvalue weighted by molar-refractivity contribution is 0.450. The van der Waals surface area contributed by atoms with Crippen molar-refractivity contribution < 1.29 is 0 Å². The lowest BCUT2D eigenvalue weighted by atomic mass is 9.96. The van der Waals surface area contributed by atoms with E-state index in [2.05, 4.69) is 10.2 Å². The molecule has 5 nitrogen and oxygen atoms in total. The van der Waals surface area contributed by atoms with Gasteiger partial charge in [-0.25, -0.2) is 9.89 Å². The van der Waals surface area contributed by atoms with Gasteiger partial charge in [0.15, 0.2) is 5.16 Å². The van der Waals surface area contributed by atoms with E-state index in [0.717, 1.165) is 18.0 Å². The van der Waals surface area contributed by atoms with E-state index in [9.17, 15) is 4.79 Å². The van der Waals surface area contributed by atoms with E-state index in [1.165, 1.54) is 12.8 Å². The minimum absolute atomic E-state index is 0.128. The normalized spacial score (nSPS) is 25.4.